The second kappa shape index (κ2) is 33.8. The molecule has 0 fully saturated rings. The maximum atomic E-state index is 5.45. The Balaban J connectivity index is 0.000000104. The van der Waals surface area contributed by atoms with Crippen molar-refractivity contribution < 1.29 is 0 Å². The molecule has 12 nitrogen and oxygen atoms in total. The third-order valence-electron chi connectivity index (χ3n) is 30.1. The van der Waals surface area contributed by atoms with Crippen LogP contribution in [0.15, 0.2) is 497 Å². The highest BCUT2D eigenvalue weighted by Crippen LogP contribution is 2.52. The molecule has 9 aromatic heterocycles. The van der Waals surface area contributed by atoms with E-state index in [4.69, 9.17) is 29.9 Å². The van der Waals surface area contributed by atoms with Gasteiger partial charge in [0.2, 0.25) is 0 Å². The van der Waals surface area contributed by atoms with Crippen molar-refractivity contribution in [3.8, 4) is 102 Å². The van der Waals surface area contributed by atoms with Crippen molar-refractivity contribution in [2.75, 3.05) is 0 Å². The van der Waals surface area contributed by atoms with Crippen LogP contribution in [-0.2, 0) is 5.41 Å². The van der Waals surface area contributed by atoms with Crippen LogP contribution in [-0.4, -0.2) is 57.3 Å². The van der Waals surface area contributed by atoms with Crippen LogP contribution in [0.4, 0.5) is 0 Å². The number of rotatable bonds is 11. The summed E-state index contributed by atoms with van der Waals surface area (Å²) in [7, 11) is 0. The summed E-state index contributed by atoms with van der Waals surface area (Å²) in [6, 6.07) is 177. The molecule has 147 heavy (non-hydrogen) atoms. The molecule has 1 aliphatic carbocycles. The first kappa shape index (κ1) is 84.3. The molecule has 0 aliphatic heterocycles. The quantitative estimate of drug-likeness (QED) is 0.128. The molecule has 0 unspecified atom stereocenters. The SMILES string of the molecule is CC1(C)c2ccccc2-c2cc(-c3nc4ccccc4nc3-n3c4ccccc4c4cc5c(cc43)c3ccccc3n5-c3ccccc3)ccc21.c1ccc(-c2ccc(-c3nc4ccccc4nc3-n3c4ccccc4c4cc5c(cc43)c3ccccc3n5-c3ccccc3)cc2)cc1.c1ccc(-c2cccc(-c3nc4ccccc4nc3-n3c4ccccc4c4cc5c(cc43)c3ccccc3n5-c3ccccc3)c2)cc1. The third kappa shape index (κ3) is 13.6. The first-order valence-corrected chi connectivity index (χ1v) is 50.1. The Kier molecular flexibility index (Phi) is 19.4. The minimum absolute atomic E-state index is 0.0700. The third-order valence-corrected chi connectivity index (χ3v) is 30.1. The molecule has 21 aromatic carbocycles. The second-order valence-electron chi connectivity index (χ2n) is 38.8. The molecular formula is C135H88N12. The standard InChI is InChI=1S/C47H32N4.2C44H28N4/c1-47(2)37-19-9-6-16-31(37)34-26-29(24-25-38(34)47)45-46(49-40-21-11-10-20-39(40)48-45)51-42-23-13-8-18-33(42)36-27-43-35(28-44(36)51)32-17-7-12-22-41(32)50(43)30-14-4-3-5-15-30;1-3-14-29(15-4-1)30-16-13-17-31(26-30)43-44(46-38-23-10-9-22-37(38)45-43)48-40-25-12-8-21-34(40)36-27-41-35(28-42(36)48)33-20-7-11-24-39(33)47(41)32-18-5-2-6-19-32;1-3-13-29(14-4-1)30-23-25-31(26-24-30)43-44(46-38-20-10-9-19-37(38)45-43)48-40-22-12-8-18-34(40)36-27-41-35(28-42(36)48)33-17-7-11-21-39(33)47(41)32-15-5-2-6-16-32/h3-28H,1-2H3;2*1-28H. The van der Waals surface area contributed by atoms with E-state index < -0.39 is 0 Å². The Bertz CT molecular complexity index is 10600. The number of nitrogens with zero attached hydrogens (tertiary/aromatic N) is 12. The lowest BCUT2D eigenvalue weighted by Crippen LogP contribution is -2.14. The van der Waals surface area contributed by atoms with Crippen LogP contribution in [0.1, 0.15) is 25.0 Å². The largest absolute Gasteiger partial charge is 0.309 e. The molecular weight excluding hydrogens is 1790 g/mol. The van der Waals surface area contributed by atoms with E-state index >= 15 is 0 Å². The van der Waals surface area contributed by atoms with Gasteiger partial charge in [-0.15, -0.1) is 0 Å². The highest BCUT2D eigenvalue weighted by molar-refractivity contribution is 6.23. The molecule has 0 atom stereocenters. The Morgan fingerprint density at radius 3 is 0.748 bits per heavy atom. The number of fused-ring (bicyclic) bond motifs is 24. The number of para-hydroxylation sites is 15. The predicted molar refractivity (Wildman–Crippen MR) is 609 cm³/mol. The summed E-state index contributed by atoms with van der Waals surface area (Å²) in [5.41, 5.74) is 37.9. The molecule has 31 rings (SSSR count). The van der Waals surface area contributed by atoms with E-state index in [-0.39, 0.29) is 5.41 Å². The van der Waals surface area contributed by atoms with Gasteiger partial charge in [0.25, 0.3) is 0 Å². The zero-order valence-corrected chi connectivity index (χ0v) is 80.2. The summed E-state index contributed by atoms with van der Waals surface area (Å²) in [4.78, 5) is 32.2. The van der Waals surface area contributed by atoms with Gasteiger partial charge in [-0.3, -0.25) is 13.7 Å². The van der Waals surface area contributed by atoms with E-state index in [9.17, 15) is 0 Å². The van der Waals surface area contributed by atoms with E-state index in [2.05, 4.69) is 478 Å². The first-order chi connectivity index (χ1) is 72.7. The van der Waals surface area contributed by atoms with E-state index in [1.54, 1.807) is 0 Å². The van der Waals surface area contributed by atoms with E-state index in [1.807, 2.05) is 60.7 Å². The van der Waals surface area contributed by atoms with Gasteiger partial charge in [0, 0.05) is 104 Å². The fourth-order valence-corrected chi connectivity index (χ4v) is 23.4. The molecule has 1 aliphatic rings. The van der Waals surface area contributed by atoms with Crippen LogP contribution in [0.3, 0.4) is 0 Å². The molecule has 0 saturated heterocycles. The monoisotopic (exact) mass is 1880 g/mol. The summed E-state index contributed by atoms with van der Waals surface area (Å²) < 4.78 is 14.1. The number of benzene rings is 21. The van der Waals surface area contributed by atoms with Crippen molar-refractivity contribution >= 4 is 164 Å². The average molecular weight is 1880 g/mol. The van der Waals surface area contributed by atoms with Crippen LogP contribution in [0.2, 0.25) is 0 Å². The van der Waals surface area contributed by atoms with Gasteiger partial charge in [-0.05, 0) is 202 Å². The normalized spacial score (nSPS) is 12.3. The molecule has 30 aromatic rings. The lowest BCUT2D eigenvalue weighted by molar-refractivity contribution is 0.660. The summed E-state index contributed by atoms with van der Waals surface area (Å²) in [6.07, 6.45) is 0. The van der Waals surface area contributed by atoms with Crippen molar-refractivity contribution in [3.63, 3.8) is 0 Å². The van der Waals surface area contributed by atoms with Gasteiger partial charge in [0.05, 0.1) is 99.3 Å². The Morgan fingerprint density at radius 1 is 0.150 bits per heavy atom. The fourth-order valence-electron chi connectivity index (χ4n) is 23.4. The van der Waals surface area contributed by atoms with E-state index in [0.29, 0.717) is 0 Å². The maximum Gasteiger partial charge on any atom is 0.165 e. The maximum absolute atomic E-state index is 5.45. The lowest BCUT2D eigenvalue weighted by Gasteiger charge is -2.21. The minimum Gasteiger partial charge on any atom is -0.309 e. The van der Waals surface area contributed by atoms with E-state index in [0.717, 1.165) is 140 Å². The van der Waals surface area contributed by atoms with Crippen molar-refractivity contribution in [2.45, 2.75) is 19.3 Å². The predicted octanol–water partition coefficient (Wildman–Crippen LogP) is 34.1. The highest BCUT2D eigenvalue weighted by atomic mass is 15.1. The van der Waals surface area contributed by atoms with E-state index in [1.165, 1.54) is 137 Å². The van der Waals surface area contributed by atoms with Gasteiger partial charge >= 0.3 is 0 Å². The van der Waals surface area contributed by atoms with Gasteiger partial charge in [-0.1, -0.05) is 354 Å². The van der Waals surface area contributed by atoms with Crippen molar-refractivity contribution in [1.82, 2.24) is 57.3 Å². The molecule has 0 N–H and O–H groups in total. The van der Waals surface area contributed by atoms with Crippen LogP contribution in [0.5, 0.6) is 0 Å². The van der Waals surface area contributed by atoms with Gasteiger partial charge in [0.1, 0.15) is 17.1 Å². The Hall–Kier alpha value is -19.6. The van der Waals surface area contributed by atoms with Gasteiger partial charge < -0.3 is 13.7 Å². The Morgan fingerprint density at radius 2 is 0.388 bits per heavy atom. The summed E-state index contributed by atoms with van der Waals surface area (Å²) in [5.74, 6) is 2.46. The topological polar surface area (TPSA) is 107 Å². The number of hydrogen-bond acceptors (Lipinski definition) is 6. The zero-order chi connectivity index (χ0) is 97.1. The molecule has 0 spiro atoms. The number of hydrogen-bond donors (Lipinski definition) is 0. The van der Waals surface area contributed by atoms with Crippen LogP contribution >= 0.6 is 0 Å². The van der Waals surface area contributed by atoms with Crippen LogP contribution < -0.4 is 0 Å². The molecule has 0 amide bonds. The smallest absolute Gasteiger partial charge is 0.165 e. The number of aromatic nitrogens is 12. The van der Waals surface area contributed by atoms with Crippen LogP contribution in [0.25, 0.3) is 266 Å². The molecule has 12 heteroatoms. The second-order valence-corrected chi connectivity index (χ2v) is 38.8. The summed E-state index contributed by atoms with van der Waals surface area (Å²) >= 11 is 0. The molecule has 0 saturated carbocycles. The highest BCUT2D eigenvalue weighted by Gasteiger charge is 2.37. The van der Waals surface area contributed by atoms with Crippen molar-refractivity contribution in [2.24, 2.45) is 0 Å². The van der Waals surface area contributed by atoms with Gasteiger partial charge in [-0.2, -0.15) is 0 Å². The molecule has 688 valence electrons. The summed E-state index contributed by atoms with van der Waals surface area (Å²) in [6.45, 7) is 4.65. The van der Waals surface area contributed by atoms with Crippen molar-refractivity contribution in [1.29, 1.82) is 0 Å². The fraction of sp³-hybridized carbons (Fsp3) is 0.0222. The summed E-state index contributed by atoms with van der Waals surface area (Å²) in [5, 5.41) is 14.4. The van der Waals surface area contributed by atoms with Gasteiger partial charge in [-0.25, -0.2) is 29.9 Å². The van der Waals surface area contributed by atoms with Gasteiger partial charge in [0.15, 0.2) is 17.5 Å². The average Bonchev–Trinajstić information content (AvgIpc) is 1.54. The molecule has 0 bridgehead atoms. The zero-order valence-electron chi connectivity index (χ0n) is 80.2. The molecule has 9 heterocycles. The Labute approximate surface area is 844 Å². The lowest BCUT2D eigenvalue weighted by atomic mass is 9.82. The van der Waals surface area contributed by atoms with Crippen LogP contribution in [0, 0.1) is 0 Å². The minimum atomic E-state index is -0.0700. The first-order valence-electron chi connectivity index (χ1n) is 50.1. The van der Waals surface area contributed by atoms with Crippen molar-refractivity contribution in [3.05, 3.63) is 509 Å². The molecule has 0 radical (unpaired) electrons.